The van der Waals surface area contributed by atoms with Crippen LogP contribution < -0.4 is 4.72 Å². The summed E-state index contributed by atoms with van der Waals surface area (Å²) in [6.07, 6.45) is 4.54. The van der Waals surface area contributed by atoms with Gasteiger partial charge in [-0.2, -0.15) is 0 Å². The zero-order valence-electron chi connectivity index (χ0n) is 10.2. The molecule has 2 rings (SSSR count). The summed E-state index contributed by atoms with van der Waals surface area (Å²) in [4.78, 5) is 7.80. The molecule has 1 N–H and O–H groups in total. The molecule has 0 unspecified atom stereocenters. The van der Waals surface area contributed by atoms with Crippen molar-refractivity contribution < 1.29 is 8.42 Å². The summed E-state index contributed by atoms with van der Waals surface area (Å²) in [6, 6.07) is 4.63. The van der Waals surface area contributed by atoms with Gasteiger partial charge in [-0.3, -0.25) is 4.98 Å². The normalized spacial score (nSPS) is 11.5. The summed E-state index contributed by atoms with van der Waals surface area (Å²) >= 11 is 5.62. The van der Waals surface area contributed by atoms with E-state index in [1.807, 2.05) is 6.92 Å². The highest BCUT2D eigenvalue weighted by Crippen LogP contribution is 2.12. The van der Waals surface area contributed by atoms with Crippen molar-refractivity contribution in [3.05, 3.63) is 53.1 Å². The molecule has 19 heavy (non-hydrogen) atoms. The van der Waals surface area contributed by atoms with Crippen molar-refractivity contribution in [1.82, 2.24) is 14.7 Å². The lowest BCUT2D eigenvalue weighted by Crippen LogP contribution is -2.23. The van der Waals surface area contributed by atoms with Crippen LogP contribution >= 0.6 is 11.6 Å². The Hall–Kier alpha value is -1.50. The molecule has 0 aliphatic rings. The van der Waals surface area contributed by atoms with Crippen molar-refractivity contribution in [2.75, 3.05) is 0 Å². The molecular weight excluding hydrogens is 286 g/mol. The molecule has 0 aromatic carbocycles. The number of hydrogen-bond acceptors (Lipinski definition) is 4. The molecular formula is C12H12ClN3O2S. The molecule has 100 valence electrons. The van der Waals surface area contributed by atoms with E-state index in [0.29, 0.717) is 0 Å². The summed E-state index contributed by atoms with van der Waals surface area (Å²) in [5.41, 5.74) is 1.81. The van der Waals surface area contributed by atoms with E-state index in [4.69, 9.17) is 11.6 Å². The van der Waals surface area contributed by atoms with Crippen LogP contribution in [-0.4, -0.2) is 18.4 Å². The van der Waals surface area contributed by atoms with Gasteiger partial charge in [0.1, 0.15) is 10.0 Å². The molecule has 0 saturated heterocycles. The van der Waals surface area contributed by atoms with Gasteiger partial charge in [-0.05, 0) is 36.2 Å². The van der Waals surface area contributed by atoms with E-state index in [1.165, 1.54) is 18.3 Å². The third-order valence-electron chi connectivity index (χ3n) is 2.60. The minimum Gasteiger partial charge on any atom is -0.264 e. The molecule has 0 aliphatic carbocycles. The van der Waals surface area contributed by atoms with E-state index in [9.17, 15) is 8.42 Å². The van der Waals surface area contributed by atoms with Crippen molar-refractivity contribution in [3.63, 3.8) is 0 Å². The predicted octanol–water partition coefficient (Wildman–Crippen LogP) is 1.92. The maximum Gasteiger partial charge on any atom is 0.242 e. The summed E-state index contributed by atoms with van der Waals surface area (Å²) < 4.78 is 26.5. The fourth-order valence-corrected chi connectivity index (χ4v) is 2.54. The number of hydrogen-bond donors (Lipinski definition) is 1. The molecule has 7 heteroatoms. The first-order valence-electron chi connectivity index (χ1n) is 5.50. The predicted molar refractivity (Wildman–Crippen MR) is 72.2 cm³/mol. The topological polar surface area (TPSA) is 72.0 Å². The van der Waals surface area contributed by atoms with Gasteiger partial charge in [0.15, 0.2) is 0 Å². The van der Waals surface area contributed by atoms with E-state index in [2.05, 4.69) is 14.7 Å². The largest absolute Gasteiger partial charge is 0.264 e. The van der Waals surface area contributed by atoms with Gasteiger partial charge in [-0.1, -0.05) is 11.6 Å². The molecule has 0 spiro atoms. The van der Waals surface area contributed by atoms with Crippen LogP contribution in [0.2, 0.25) is 5.15 Å². The zero-order chi connectivity index (χ0) is 13.9. The van der Waals surface area contributed by atoms with Crippen LogP contribution in [0.1, 0.15) is 11.1 Å². The lowest BCUT2D eigenvalue weighted by atomic mass is 10.2. The average molecular weight is 298 g/mol. The van der Waals surface area contributed by atoms with Gasteiger partial charge in [0.05, 0.1) is 0 Å². The summed E-state index contributed by atoms with van der Waals surface area (Å²) in [6.45, 7) is 2.08. The fraction of sp³-hybridized carbons (Fsp3) is 0.167. The lowest BCUT2D eigenvalue weighted by Gasteiger charge is -2.08. The second-order valence-corrected chi connectivity index (χ2v) is 6.10. The summed E-state index contributed by atoms with van der Waals surface area (Å²) in [5, 5.41) is 0.254. The molecule has 0 bridgehead atoms. The van der Waals surface area contributed by atoms with Crippen LogP contribution in [-0.2, 0) is 16.6 Å². The fourth-order valence-electron chi connectivity index (χ4n) is 1.48. The number of nitrogens with zero attached hydrogens (tertiary/aromatic N) is 2. The van der Waals surface area contributed by atoms with Crippen LogP contribution in [0, 0.1) is 6.92 Å². The average Bonchev–Trinajstić information content (AvgIpc) is 2.38. The summed E-state index contributed by atoms with van der Waals surface area (Å²) in [7, 11) is -3.58. The first kappa shape index (κ1) is 13.9. The maximum absolute atomic E-state index is 12.0. The van der Waals surface area contributed by atoms with Crippen LogP contribution in [0.4, 0.5) is 0 Å². The highest BCUT2D eigenvalue weighted by atomic mass is 35.5. The van der Waals surface area contributed by atoms with Gasteiger partial charge in [0.2, 0.25) is 10.0 Å². The molecule has 5 nitrogen and oxygen atoms in total. The van der Waals surface area contributed by atoms with Crippen LogP contribution in [0.5, 0.6) is 0 Å². The molecule has 0 aliphatic heterocycles. The number of sulfonamides is 1. The Balaban J connectivity index is 2.14. The van der Waals surface area contributed by atoms with E-state index >= 15 is 0 Å². The number of aromatic nitrogens is 2. The minimum absolute atomic E-state index is 0.0867. The van der Waals surface area contributed by atoms with Crippen molar-refractivity contribution in [3.8, 4) is 0 Å². The number of aryl methyl sites for hydroxylation is 1. The molecule has 2 heterocycles. The first-order chi connectivity index (χ1) is 8.99. The highest BCUT2D eigenvalue weighted by molar-refractivity contribution is 7.89. The molecule has 0 fully saturated rings. The third kappa shape index (κ3) is 3.50. The van der Waals surface area contributed by atoms with Crippen LogP contribution in [0.3, 0.4) is 0 Å². The van der Waals surface area contributed by atoms with Gasteiger partial charge in [0, 0.05) is 25.1 Å². The smallest absolute Gasteiger partial charge is 0.242 e. The molecule has 0 radical (unpaired) electrons. The number of rotatable bonds is 4. The van der Waals surface area contributed by atoms with Gasteiger partial charge in [-0.15, -0.1) is 0 Å². The Kier molecular flexibility index (Phi) is 4.14. The quantitative estimate of drug-likeness (QED) is 0.875. The monoisotopic (exact) mass is 297 g/mol. The first-order valence-corrected chi connectivity index (χ1v) is 7.36. The van der Waals surface area contributed by atoms with Gasteiger partial charge >= 0.3 is 0 Å². The molecule has 0 amide bonds. The van der Waals surface area contributed by atoms with E-state index in [1.54, 1.807) is 18.5 Å². The second-order valence-electron chi connectivity index (χ2n) is 3.94. The standard InChI is InChI=1S/C12H12ClN3O2S/c1-9-6-14-5-4-10(9)7-16-19(17,18)11-2-3-12(13)15-8-11/h2-6,8,16H,7H2,1H3. The Labute approximate surface area is 116 Å². The van der Waals surface area contributed by atoms with Crippen molar-refractivity contribution in [2.45, 2.75) is 18.4 Å². The van der Waals surface area contributed by atoms with E-state index in [-0.39, 0.29) is 16.6 Å². The van der Waals surface area contributed by atoms with Gasteiger partial charge in [0.25, 0.3) is 0 Å². The third-order valence-corrected chi connectivity index (χ3v) is 4.21. The Bertz CT molecular complexity index is 672. The molecule has 2 aromatic rings. The minimum atomic E-state index is -3.58. The van der Waals surface area contributed by atoms with Crippen molar-refractivity contribution in [1.29, 1.82) is 0 Å². The number of pyridine rings is 2. The van der Waals surface area contributed by atoms with Gasteiger partial charge < -0.3 is 0 Å². The Morgan fingerprint density at radius 3 is 2.68 bits per heavy atom. The second kappa shape index (κ2) is 5.64. The Morgan fingerprint density at radius 2 is 2.05 bits per heavy atom. The SMILES string of the molecule is Cc1cnccc1CNS(=O)(=O)c1ccc(Cl)nc1. The maximum atomic E-state index is 12.0. The van der Waals surface area contributed by atoms with Crippen LogP contribution in [0.25, 0.3) is 0 Å². The van der Waals surface area contributed by atoms with E-state index in [0.717, 1.165) is 11.1 Å². The summed E-state index contributed by atoms with van der Waals surface area (Å²) in [5.74, 6) is 0. The lowest BCUT2D eigenvalue weighted by molar-refractivity contribution is 0.580. The zero-order valence-corrected chi connectivity index (χ0v) is 11.7. The van der Waals surface area contributed by atoms with Crippen LogP contribution in [0.15, 0.2) is 41.7 Å². The molecule has 2 aromatic heterocycles. The van der Waals surface area contributed by atoms with E-state index < -0.39 is 10.0 Å². The van der Waals surface area contributed by atoms with Crippen molar-refractivity contribution >= 4 is 21.6 Å². The van der Waals surface area contributed by atoms with Crippen molar-refractivity contribution in [2.24, 2.45) is 0 Å². The molecule has 0 atom stereocenters. The molecule has 0 saturated carbocycles. The number of halogens is 1. The Morgan fingerprint density at radius 1 is 1.26 bits per heavy atom. The highest BCUT2D eigenvalue weighted by Gasteiger charge is 2.14. The number of nitrogens with one attached hydrogen (secondary N) is 1. The van der Waals surface area contributed by atoms with Gasteiger partial charge in [-0.25, -0.2) is 18.1 Å².